The number of hydrogen-bond acceptors (Lipinski definition) is 6. The number of nitrogens with zero attached hydrogens (tertiary/aromatic N) is 5. The summed E-state index contributed by atoms with van der Waals surface area (Å²) in [5.41, 5.74) is 6.88. The van der Waals surface area contributed by atoms with Gasteiger partial charge in [-0.25, -0.2) is 9.97 Å². The van der Waals surface area contributed by atoms with Gasteiger partial charge >= 0.3 is 0 Å². The molecule has 1 saturated heterocycles. The van der Waals surface area contributed by atoms with Crippen LogP contribution in [0.1, 0.15) is 12.8 Å². The van der Waals surface area contributed by atoms with Gasteiger partial charge in [0.05, 0.1) is 6.20 Å². The highest BCUT2D eigenvalue weighted by Gasteiger charge is 2.19. The van der Waals surface area contributed by atoms with Gasteiger partial charge in [0.25, 0.3) is 0 Å². The summed E-state index contributed by atoms with van der Waals surface area (Å²) in [6.07, 6.45) is 5.52. The highest BCUT2D eigenvalue weighted by atomic mass is 35.5. The Bertz CT molecular complexity index is 863. The molecule has 3 aromatic rings. The molecule has 0 bridgehead atoms. The number of rotatable bonds is 3. The molecule has 1 aliphatic rings. The summed E-state index contributed by atoms with van der Waals surface area (Å²) in [7, 11) is 0. The van der Waals surface area contributed by atoms with Gasteiger partial charge in [0.1, 0.15) is 17.5 Å². The highest BCUT2D eigenvalue weighted by Crippen LogP contribution is 2.24. The SMILES string of the molecule is N[C@@H]1CCCN(c2cc(Nc3cc(Cl)ccn3)n3nccc3n2)C1. The molecule has 0 aliphatic carbocycles. The fraction of sp³-hybridized carbons (Fsp3) is 0.312. The summed E-state index contributed by atoms with van der Waals surface area (Å²) in [6.45, 7) is 1.77. The van der Waals surface area contributed by atoms with Crippen LogP contribution >= 0.6 is 11.6 Å². The van der Waals surface area contributed by atoms with Gasteiger partial charge in [-0.05, 0) is 25.0 Å². The average Bonchev–Trinajstić information content (AvgIpc) is 3.04. The quantitative estimate of drug-likeness (QED) is 0.760. The zero-order valence-electron chi connectivity index (χ0n) is 13.1. The molecular weight excluding hydrogens is 326 g/mol. The Balaban J connectivity index is 1.72. The normalized spacial score (nSPS) is 18.1. The van der Waals surface area contributed by atoms with Crippen molar-refractivity contribution in [3.63, 3.8) is 0 Å². The van der Waals surface area contributed by atoms with Crippen molar-refractivity contribution in [1.82, 2.24) is 19.6 Å². The molecule has 124 valence electrons. The lowest BCUT2D eigenvalue weighted by atomic mass is 10.1. The van der Waals surface area contributed by atoms with Crippen LogP contribution < -0.4 is 16.0 Å². The standard InChI is InChI=1S/C16H18ClN7/c17-11-3-5-19-13(8-11)21-16-9-15(22-14-4-6-20-24(14)16)23-7-1-2-12(18)10-23/h3-6,8-9,12H,1-2,7,10,18H2,(H,19,21)/t12-/m1/s1. The fourth-order valence-corrected chi connectivity index (χ4v) is 3.13. The predicted molar refractivity (Wildman–Crippen MR) is 94.9 cm³/mol. The molecule has 0 amide bonds. The largest absolute Gasteiger partial charge is 0.355 e. The van der Waals surface area contributed by atoms with E-state index in [1.165, 1.54) is 0 Å². The molecule has 0 saturated carbocycles. The first-order valence-corrected chi connectivity index (χ1v) is 8.31. The summed E-state index contributed by atoms with van der Waals surface area (Å²) in [6, 6.07) is 7.55. The van der Waals surface area contributed by atoms with Crippen LogP contribution in [-0.2, 0) is 0 Å². The lowest BCUT2D eigenvalue weighted by Crippen LogP contribution is -2.43. The maximum atomic E-state index is 6.11. The second-order valence-electron chi connectivity index (χ2n) is 5.93. The van der Waals surface area contributed by atoms with E-state index in [-0.39, 0.29) is 6.04 Å². The zero-order valence-corrected chi connectivity index (χ0v) is 13.8. The van der Waals surface area contributed by atoms with Gasteiger partial charge in [0, 0.05) is 42.5 Å². The lowest BCUT2D eigenvalue weighted by Gasteiger charge is -2.31. The van der Waals surface area contributed by atoms with E-state index in [0.717, 1.165) is 43.2 Å². The van der Waals surface area contributed by atoms with Crippen molar-refractivity contribution < 1.29 is 0 Å². The minimum absolute atomic E-state index is 0.188. The maximum Gasteiger partial charge on any atom is 0.159 e. The van der Waals surface area contributed by atoms with Gasteiger partial charge in [0.15, 0.2) is 5.65 Å². The van der Waals surface area contributed by atoms with E-state index in [9.17, 15) is 0 Å². The van der Waals surface area contributed by atoms with Crippen molar-refractivity contribution in [3.8, 4) is 0 Å². The van der Waals surface area contributed by atoms with Gasteiger partial charge in [-0.15, -0.1) is 0 Å². The van der Waals surface area contributed by atoms with Crippen LogP contribution in [0.2, 0.25) is 5.02 Å². The first kappa shape index (κ1) is 15.2. The molecular formula is C16H18ClN7. The molecule has 8 heteroatoms. The van der Waals surface area contributed by atoms with Gasteiger partial charge in [0.2, 0.25) is 0 Å². The molecule has 24 heavy (non-hydrogen) atoms. The number of piperidine rings is 1. The Labute approximate surface area is 144 Å². The smallest absolute Gasteiger partial charge is 0.159 e. The Morgan fingerprint density at radius 3 is 3.00 bits per heavy atom. The molecule has 0 unspecified atom stereocenters. The van der Waals surface area contributed by atoms with Crippen LogP contribution in [0.5, 0.6) is 0 Å². The Morgan fingerprint density at radius 1 is 1.25 bits per heavy atom. The monoisotopic (exact) mass is 343 g/mol. The minimum Gasteiger partial charge on any atom is -0.355 e. The molecule has 1 aliphatic heterocycles. The van der Waals surface area contributed by atoms with Crippen LogP contribution in [0, 0.1) is 0 Å². The van der Waals surface area contributed by atoms with Crippen molar-refractivity contribution in [2.24, 2.45) is 5.73 Å². The zero-order chi connectivity index (χ0) is 16.5. The third kappa shape index (κ3) is 3.00. The Morgan fingerprint density at radius 2 is 2.17 bits per heavy atom. The first-order valence-electron chi connectivity index (χ1n) is 7.93. The van der Waals surface area contributed by atoms with E-state index in [4.69, 9.17) is 22.3 Å². The van der Waals surface area contributed by atoms with Crippen molar-refractivity contribution in [3.05, 3.63) is 41.7 Å². The molecule has 0 radical (unpaired) electrons. The predicted octanol–water partition coefficient (Wildman–Crippen LogP) is 2.45. The van der Waals surface area contributed by atoms with Crippen LogP contribution in [0.4, 0.5) is 17.5 Å². The molecule has 3 N–H and O–H groups in total. The Kier molecular flexibility index (Phi) is 3.95. The summed E-state index contributed by atoms with van der Waals surface area (Å²) < 4.78 is 1.75. The minimum atomic E-state index is 0.188. The number of nitrogens with one attached hydrogen (secondary N) is 1. The summed E-state index contributed by atoms with van der Waals surface area (Å²) in [5.74, 6) is 2.34. The summed E-state index contributed by atoms with van der Waals surface area (Å²) in [5, 5.41) is 8.22. The van der Waals surface area contributed by atoms with Gasteiger partial charge in [-0.2, -0.15) is 9.61 Å². The van der Waals surface area contributed by atoms with Gasteiger partial charge in [-0.1, -0.05) is 11.6 Å². The van der Waals surface area contributed by atoms with E-state index >= 15 is 0 Å². The van der Waals surface area contributed by atoms with Crippen molar-refractivity contribution in [1.29, 1.82) is 0 Å². The Hall–Kier alpha value is -2.38. The van der Waals surface area contributed by atoms with Crippen molar-refractivity contribution >= 4 is 34.7 Å². The molecule has 7 nitrogen and oxygen atoms in total. The van der Waals surface area contributed by atoms with E-state index in [1.807, 2.05) is 12.1 Å². The topological polar surface area (TPSA) is 84.4 Å². The van der Waals surface area contributed by atoms with Crippen LogP contribution in [-0.4, -0.2) is 38.7 Å². The number of anilines is 3. The van der Waals surface area contributed by atoms with Crippen molar-refractivity contribution in [2.75, 3.05) is 23.3 Å². The second kappa shape index (κ2) is 6.26. The number of fused-ring (bicyclic) bond motifs is 1. The first-order chi connectivity index (χ1) is 11.7. The maximum absolute atomic E-state index is 6.11. The van der Waals surface area contributed by atoms with Crippen LogP contribution in [0.15, 0.2) is 36.7 Å². The summed E-state index contributed by atoms with van der Waals surface area (Å²) >= 11 is 6.04. The number of halogens is 1. The fourth-order valence-electron chi connectivity index (χ4n) is 2.97. The van der Waals surface area contributed by atoms with E-state index in [2.05, 4.69) is 20.3 Å². The van der Waals surface area contributed by atoms with Gasteiger partial charge in [-0.3, -0.25) is 0 Å². The highest BCUT2D eigenvalue weighted by molar-refractivity contribution is 6.30. The molecule has 1 atom stereocenters. The summed E-state index contributed by atoms with van der Waals surface area (Å²) in [4.78, 5) is 11.2. The lowest BCUT2D eigenvalue weighted by molar-refractivity contribution is 0.503. The molecule has 3 aromatic heterocycles. The number of aromatic nitrogens is 4. The third-order valence-corrected chi connectivity index (χ3v) is 4.34. The van der Waals surface area contributed by atoms with E-state index in [0.29, 0.717) is 10.8 Å². The van der Waals surface area contributed by atoms with Crippen molar-refractivity contribution in [2.45, 2.75) is 18.9 Å². The number of nitrogens with two attached hydrogens (primary N) is 1. The van der Waals surface area contributed by atoms with E-state index in [1.54, 1.807) is 29.0 Å². The van der Waals surface area contributed by atoms with Crippen LogP contribution in [0.25, 0.3) is 5.65 Å². The molecule has 4 rings (SSSR count). The number of pyridine rings is 1. The number of hydrogen-bond donors (Lipinski definition) is 2. The van der Waals surface area contributed by atoms with E-state index < -0.39 is 0 Å². The van der Waals surface area contributed by atoms with Crippen LogP contribution in [0.3, 0.4) is 0 Å². The second-order valence-corrected chi connectivity index (χ2v) is 6.37. The average molecular weight is 344 g/mol. The molecule has 1 fully saturated rings. The molecule has 0 spiro atoms. The third-order valence-electron chi connectivity index (χ3n) is 4.11. The molecule has 4 heterocycles. The molecule has 0 aromatic carbocycles. The van der Waals surface area contributed by atoms with Gasteiger partial charge < -0.3 is 16.0 Å².